The summed E-state index contributed by atoms with van der Waals surface area (Å²) in [5.41, 5.74) is 8.79. The molecule has 2 rings (SSSR count). The highest BCUT2D eigenvalue weighted by Crippen LogP contribution is 2.27. The Morgan fingerprint density at radius 2 is 2.05 bits per heavy atom. The summed E-state index contributed by atoms with van der Waals surface area (Å²) in [7, 11) is 1.66. The van der Waals surface area contributed by atoms with E-state index in [4.69, 9.17) is 10.5 Å². The van der Waals surface area contributed by atoms with E-state index < -0.39 is 0 Å². The smallest absolute Gasteiger partial charge is 0.221 e. The number of aromatic nitrogens is 2. The summed E-state index contributed by atoms with van der Waals surface area (Å²) in [6.45, 7) is 8.39. The van der Waals surface area contributed by atoms with Crippen molar-refractivity contribution < 1.29 is 4.74 Å². The molecular weight excluding hydrogens is 264 g/mol. The number of nitrogen functional groups attached to an aromatic ring is 1. The fraction of sp³-hybridized carbons (Fsp3) is 0.375. The molecule has 0 saturated heterocycles. The van der Waals surface area contributed by atoms with Gasteiger partial charge in [-0.15, -0.1) is 0 Å². The number of hydrogen-bond acceptors (Lipinski definition) is 4. The van der Waals surface area contributed by atoms with Gasteiger partial charge in [0.05, 0.1) is 25.2 Å². The molecule has 0 bridgehead atoms. The van der Waals surface area contributed by atoms with Crippen LogP contribution in [0.2, 0.25) is 0 Å². The number of aryl methyl sites for hydroxylation is 1. The Kier molecular flexibility index (Phi) is 4.02. The van der Waals surface area contributed by atoms with E-state index in [-0.39, 0.29) is 5.41 Å². The van der Waals surface area contributed by atoms with Crippen LogP contribution in [-0.4, -0.2) is 23.0 Å². The Bertz CT molecular complexity index is 665. The molecule has 21 heavy (non-hydrogen) atoms. The first-order valence-corrected chi connectivity index (χ1v) is 6.85. The number of nitrogens with two attached hydrogens (primary N) is 1. The van der Waals surface area contributed by atoms with Gasteiger partial charge in [0.25, 0.3) is 0 Å². The van der Waals surface area contributed by atoms with Crippen molar-refractivity contribution >= 4 is 12.2 Å². The number of ether oxygens (including phenoxy) is 1. The van der Waals surface area contributed by atoms with Gasteiger partial charge in [0.2, 0.25) is 5.95 Å². The summed E-state index contributed by atoms with van der Waals surface area (Å²) < 4.78 is 7.01. The van der Waals surface area contributed by atoms with Crippen molar-refractivity contribution in [3.8, 4) is 5.75 Å². The second-order valence-corrected chi connectivity index (χ2v) is 6.04. The van der Waals surface area contributed by atoms with E-state index in [2.05, 4.69) is 36.9 Å². The third-order valence-corrected chi connectivity index (χ3v) is 3.26. The van der Waals surface area contributed by atoms with Gasteiger partial charge >= 0.3 is 0 Å². The van der Waals surface area contributed by atoms with Crippen molar-refractivity contribution in [2.24, 2.45) is 5.10 Å². The van der Waals surface area contributed by atoms with Crippen molar-refractivity contribution in [2.45, 2.75) is 33.1 Å². The van der Waals surface area contributed by atoms with Crippen LogP contribution in [0.15, 0.2) is 29.5 Å². The summed E-state index contributed by atoms with van der Waals surface area (Å²) in [6, 6.07) is 6.14. The number of methoxy groups -OCH3 is 1. The number of nitrogens with zero attached hydrogens (tertiary/aromatic N) is 3. The van der Waals surface area contributed by atoms with Crippen LogP contribution in [0, 0.1) is 6.92 Å². The second-order valence-electron chi connectivity index (χ2n) is 6.04. The highest BCUT2D eigenvalue weighted by Gasteiger charge is 2.15. The van der Waals surface area contributed by atoms with Gasteiger partial charge in [-0.1, -0.05) is 26.8 Å². The molecule has 0 aliphatic heterocycles. The van der Waals surface area contributed by atoms with Crippen LogP contribution in [0.5, 0.6) is 5.75 Å². The Hall–Kier alpha value is -2.30. The molecule has 0 fully saturated rings. The Morgan fingerprint density at radius 3 is 2.57 bits per heavy atom. The van der Waals surface area contributed by atoms with Crippen molar-refractivity contribution in [1.29, 1.82) is 0 Å². The molecule has 0 spiro atoms. The number of rotatable bonds is 3. The molecule has 0 unspecified atom stereocenters. The topological polar surface area (TPSA) is 65.4 Å². The molecule has 0 saturated carbocycles. The number of hydrogen-bond donors (Lipinski definition) is 1. The SMILES string of the molecule is COc1cc(C(C)(C)C)ccc1C=Nn1cc(C)nc1N. The van der Waals surface area contributed by atoms with E-state index in [1.165, 1.54) is 5.56 Å². The minimum absolute atomic E-state index is 0.0782. The van der Waals surface area contributed by atoms with Crippen LogP contribution in [0.4, 0.5) is 5.95 Å². The van der Waals surface area contributed by atoms with Gasteiger partial charge < -0.3 is 10.5 Å². The molecule has 0 aliphatic rings. The quantitative estimate of drug-likeness (QED) is 0.882. The minimum Gasteiger partial charge on any atom is -0.496 e. The third kappa shape index (κ3) is 3.42. The van der Waals surface area contributed by atoms with Crippen molar-refractivity contribution in [1.82, 2.24) is 9.66 Å². The first-order valence-electron chi connectivity index (χ1n) is 6.85. The van der Waals surface area contributed by atoms with Crippen LogP contribution in [0.25, 0.3) is 0 Å². The lowest BCUT2D eigenvalue weighted by Gasteiger charge is -2.20. The Balaban J connectivity index is 2.34. The summed E-state index contributed by atoms with van der Waals surface area (Å²) in [6.07, 6.45) is 3.50. The molecule has 1 aromatic heterocycles. The second kappa shape index (κ2) is 5.60. The molecule has 0 amide bonds. The molecule has 1 heterocycles. The summed E-state index contributed by atoms with van der Waals surface area (Å²) >= 11 is 0. The third-order valence-electron chi connectivity index (χ3n) is 3.26. The normalized spacial score (nSPS) is 12.0. The van der Waals surface area contributed by atoms with Crippen molar-refractivity contribution in [3.63, 3.8) is 0 Å². The van der Waals surface area contributed by atoms with Crippen LogP contribution < -0.4 is 10.5 Å². The fourth-order valence-electron chi connectivity index (χ4n) is 2.01. The highest BCUT2D eigenvalue weighted by atomic mass is 16.5. The molecule has 5 heteroatoms. The number of imidazole rings is 1. The van der Waals surface area contributed by atoms with Gasteiger partial charge in [0.1, 0.15) is 5.75 Å². The Morgan fingerprint density at radius 1 is 1.33 bits per heavy atom. The van der Waals surface area contributed by atoms with E-state index in [0.29, 0.717) is 5.95 Å². The van der Waals surface area contributed by atoms with Crippen LogP contribution >= 0.6 is 0 Å². The maximum atomic E-state index is 5.76. The molecule has 2 N–H and O–H groups in total. The summed E-state index contributed by atoms with van der Waals surface area (Å²) in [4.78, 5) is 4.11. The molecule has 2 aromatic rings. The molecule has 0 radical (unpaired) electrons. The summed E-state index contributed by atoms with van der Waals surface area (Å²) in [5.74, 6) is 1.16. The Labute approximate surface area is 125 Å². The lowest BCUT2D eigenvalue weighted by molar-refractivity contribution is 0.412. The lowest BCUT2D eigenvalue weighted by atomic mass is 9.86. The largest absolute Gasteiger partial charge is 0.496 e. The van der Waals surface area contributed by atoms with Crippen LogP contribution in [0.3, 0.4) is 0 Å². The molecule has 0 aliphatic carbocycles. The lowest BCUT2D eigenvalue weighted by Crippen LogP contribution is -2.11. The van der Waals surface area contributed by atoms with Gasteiger partial charge in [-0.25, -0.2) is 9.66 Å². The predicted molar refractivity (Wildman–Crippen MR) is 86.1 cm³/mol. The first-order chi connectivity index (χ1) is 9.81. The zero-order valence-corrected chi connectivity index (χ0v) is 13.2. The van der Waals surface area contributed by atoms with Crippen LogP contribution in [-0.2, 0) is 5.41 Å². The maximum absolute atomic E-state index is 5.76. The van der Waals surface area contributed by atoms with Gasteiger partial charge in [-0.3, -0.25) is 0 Å². The minimum atomic E-state index is 0.0782. The molecule has 112 valence electrons. The van der Waals surface area contributed by atoms with Crippen molar-refractivity contribution in [2.75, 3.05) is 12.8 Å². The fourth-order valence-corrected chi connectivity index (χ4v) is 2.01. The molecule has 5 nitrogen and oxygen atoms in total. The van der Waals surface area contributed by atoms with E-state index in [9.17, 15) is 0 Å². The monoisotopic (exact) mass is 286 g/mol. The van der Waals surface area contributed by atoms with Gasteiger partial charge in [-0.2, -0.15) is 5.10 Å². The molecule has 1 aromatic carbocycles. The van der Waals surface area contributed by atoms with Crippen LogP contribution in [0.1, 0.15) is 37.6 Å². The average Bonchev–Trinajstić information content (AvgIpc) is 2.73. The molecule has 0 atom stereocenters. The zero-order valence-electron chi connectivity index (χ0n) is 13.2. The average molecular weight is 286 g/mol. The maximum Gasteiger partial charge on any atom is 0.221 e. The summed E-state index contributed by atoms with van der Waals surface area (Å²) in [5, 5.41) is 4.32. The van der Waals surface area contributed by atoms with Crippen molar-refractivity contribution in [3.05, 3.63) is 41.2 Å². The van der Waals surface area contributed by atoms with E-state index in [1.807, 2.05) is 19.1 Å². The zero-order chi connectivity index (χ0) is 15.6. The predicted octanol–water partition coefficient (Wildman–Crippen LogP) is 2.96. The van der Waals surface area contributed by atoms with Gasteiger partial charge in [0, 0.05) is 5.56 Å². The van der Waals surface area contributed by atoms with Gasteiger partial charge in [0.15, 0.2) is 0 Å². The highest BCUT2D eigenvalue weighted by molar-refractivity contribution is 5.83. The van der Waals surface area contributed by atoms with E-state index in [0.717, 1.165) is 17.0 Å². The number of anilines is 1. The number of benzene rings is 1. The van der Waals surface area contributed by atoms with E-state index >= 15 is 0 Å². The van der Waals surface area contributed by atoms with E-state index in [1.54, 1.807) is 24.2 Å². The standard InChI is InChI=1S/C16H22N4O/c1-11-10-20(15(17)19-11)18-9-12-6-7-13(16(2,3)4)8-14(12)21-5/h6-10H,1-5H3,(H2,17,19). The molecular formula is C16H22N4O. The first kappa shape index (κ1) is 15.1. The van der Waals surface area contributed by atoms with Gasteiger partial charge in [-0.05, 0) is 30.0 Å².